The van der Waals surface area contributed by atoms with Crippen LogP contribution < -0.4 is 10.2 Å². The Balaban J connectivity index is 1.64. The Labute approximate surface area is 166 Å². The topological polar surface area (TPSA) is 61.9 Å². The fourth-order valence-corrected chi connectivity index (χ4v) is 3.43. The summed E-state index contributed by atoms with van der Waals surface area (Å²) < 4.78 is 4.88. The van der Waals surface area contributed by atoms with Crippen molar-refractivity contribution < 1.29 is 14.3 Å². The summed E-state index contributed by atoms with van der Waals surface area (Å²) in [6, 6.07) is 13.3. The summed E-state index contributed by atoms with van der Waals surface area (Å²) in [4.78, 5) is 28.7. The van der Waals surface area contributed by atoms with Gasteiger partial charge in [0.15, 0.2) is 0 Å². The molecule has 0 atom stereocenters. The van der Waals surface area contributed by atoms with Crippen molar-refractivity contribution in [1.82, 2.24) is 4.90 Å². The maximum Gasteiger partial charge on any atom is 0.411 e. The van der Waals surface area contributed by atoms with Crippen LogP contribution in [-0.4, -0.2) is 49.7 Å². The zero-order chi connectivity index (χ0) is 20.1. The Morgan fingerprint density at radius 3 is 2.46 bits per heavy atom. The number of aryl methyl sites for hydroxylation is 1. The molecular formula is C22H27N3O3. The number of carbonyl (C=O) groups excluding carboxylic acids is 2. The smallest absolute Gasteiger partial charge is 0.411 e. The summed E-state index contributed by atoms with van der Waals surface area (Å²) in [5.41, 5.74) is 4.93. The molecule has 0 bridgehead atoms. The quantitative estimate of drug-likeness (QED) is 0.874. The van der Waals surface area contributed by atoms with Crippen molar-refractivity contribution in [2.75, 3.05) is 43.0 Å². The van der Waals surface area contributed by atoms with Crippen LogP contribution in [-0.2, 0) is 4.74 Å². The van der Waals surface area contributed by atoms with Gasteiger partial charge in [0, 0.05) is 43.1 Å². The molecule has 6 heteroatoms. The second-order valence-electron chi connectivity index (χ2n) is 6.92. The number of amides is 2. The molecule has 0 radical (unpaired) electrons. The Hall–Kier alpha value is -3.02. The van der Waals surface area contributed by atoms with E-state index in [0.717, 1.165) is 13.1 Å². The number of hydrogen-bond donors (Lipinski definition) is 1. The first-order valence-corrected chi connectivity index (χ1v) is 9.64. The molecule has 2 amide bonds. The van der Waals surface area contributed by atoms with Crippen LogP contribution in [0.15, 0.2) is 42.5 Å². The molecule has 0 unspecified atom stereocenters. The molecule has 148 valence electrons. The van der Waals surface area contributed by atoms with E-state index < -0.39 is 6.09 Å². The summed E-state index contributed by atoms with van der Waals surface area (Å²) in [6.45, 7) is 9.25. The highest BCUT2D eigenvalue weighted by atomic mass is 16.5. The maximum atomic E-state index is 12.9. The highest BCUT2D eigenvalue weighted by Gasteiger charge is 2.23. The number of carbonyl (C=O) groups is 2. The van der Waals surface area contributed by atoms with Crippen LogP contribution in [0.2, 0.25) is 0 Å². The average Bonchev–Trinajstić information content (AvgIpc) is 2.70. The molecule has 2 aromatic rings. The van der Waals surface area contributed by atoms with E-state index in [4.69, 9.17) is 4.74 Å². The van der Waals surface area contributed by atoms with Gasteiger partial charge in [-0.1, -0.05) is 18.2 Å². The molecule has 1 heterocycles. The molecule has 0 saturated carbocycles. The van der Waals surface area contributed by atoms with E-state index >= 15 is 0 Å². The van der Waals surface area contributed by atoms with Crippen LogP contribution in [0.1, 0.15) is 28.4 Å². The van der Waals surface area contributed by atoms with Gasteiger partial charge in [-0.05, 0) is 56.2 Å². The van der Waals surface area contributed by atoms with Gasteiger partial charge in [-0.3, -0.25) is 10.1 Å². The molecule has 6 nitrogen and oxygen atoms in total. The standard InChI is InChI=1S/C22H27N3O3/c1-4-28-22(27)23-19-9-6-8-18(15-19)21(26)25-13-11-24(12-14-25)20-10-5-7-16(2)17(20)3/h5-10,15H,4,11-14H2,1-3H3,(H,23,27). The van der Waals surface area contributed by atoms with Gasteiger partial charge in [-0.15, -0.1) is 0 Å². The van der Waals surface area contributed by atoms with Crippen LogP contribution in [0, 0.1) is 13.8 Å². The van der Waals surface area contributed by atoms with Crippen molar-refractivity contribution in [1.29, 1.82) is 0 Å². The van der Waals surface area contributed by atoms with Gasteiger partial charge in [0.2, 0.25) is 0 Å². The average molecular weight is 381 g/mol. The van der Waals surface area contributed by atoms with E-state index in [1.54, 1.807) is 31.2 Å². The molecule has 3 rings (SSSR count). The molecule has 2 aromatic carbocycles. The number of piperazine rings is 1. The largest absolute Gasteiger partial charge is 0.450 e. The van der Waals surface area contributed by atoms with E-state index in [9.17, 15) is 9.59 Å². The first-order chi connectivity index (χ1) is 13.5. The molecule has 1 N–H and O–H groups in total. The van der Waals surface area contributed by atoms with Gasteiger partial charge in [0.1, 0.15) is 0 Å². The highest BCUT2D eigenvalue weighted by molar-refractivity contribution is 5.96. The lowest BCUT2D eigenvalue weighted by Crippen LogP contribution is -2.49. The molecule has 0 spiro atoms. The fraction of sp³-hybridized carbons (Fsp3) is 0.364. The van der Waals surface area contributed by atoms with Crippen molar-refractivity contribution in [3.05, 3.63) is 59.2 Å². The summed E-state index contributed by atoms with van der Waals surface area (Å²) in [5, 5.41) is 2.64. The number of rotatable bonds is 4. The van der Waals surface area contributed by atoms with Crippen molar-refractivity contribution in [3.8, 4) is 0 Å². The van der Waals surface area contributed by atoms with Gasteiger partial charge < -0.3 is 14.5 Å². The van der Waals surface area contributed by atoms with Gasteiger partial charge in [-0.25, -0.2) is 4.79 Å². The third-order valence-corrected chi connectivity index (χ3v) is 5.11. The van der Waals surface area contributed by atoms with Gasteiger partial charge in [-0.2, -0.15) is 0 Å². The second kappa shape index (κ2) is 8.78. The van der Waals surface area contributed by atoms with Crippen LogP contribution in [0.3, 0.4) is 0 Å². The first-order valence-electron chi connectivity index (χ1n) is 9.64. The number of nitrogens with one attached hydrogen (secondary N) is 1. The molecule has 0 aromatic heterocycles. The molecule has 1 aliphatic rings. The van der Waals surface area contributed by atoms with Gasteiger partial charge in [0.25, 0.3) is 5.91 Å². The van der Waals surface area contributed by atoms with Crippen molar-refractivity contribution in [2.45, 2.75) is 20.8 Å². The van der Waals surface area contributed by atoms with Crippen LogP contribution in [0.4, 0.5) is 16.2 Å². The van der Waals surface area contributed by atoms with E-state index in [2.05, 4.69) is 42.3 Å². The minimum atomic E-state index is -0.519. The molecular weight excluding hydrogens is 354 g/mol. The van der Waals surface area contributed by atoms with Crippen LogP contribution >= 0.6 is 0 Å². The van der Waals surface area contributed by atoms with Crippen LogP contribution in [0.25, 0.3) is 0 Å². The number of nitrogens with zero attached hydrogens (tertiary/aromatic N) is 2. The number of benzene rings is 2. The summed E-state index contributed by atoms with van der Waals surface area (Å²) in [6.07, 6.45) is -0.519. The molecule has 28 heavy (non-hydrogen) atoms. The Kier molecular flexibility index (Phi) is 6.19. The lowest BCUT2D eigenvalue weighted by Gasteiger charge is -2.37. The van der Waals surface area contributed by atoms with E-state index in [-0.39, 0.29) is 5.91 Å². The Morgan fingerprint density at radius 1 is 1.04 bits per heavy atom. The van der Waals surface area contributed by atoms with Gasteiger partial charge >= 0.3 is 6.09 Å². The maximum absolute atomic E-state index is 12.9. The Morgan fingerprint density at radius 2 is 1.75 bits per heavy atom. The van der Waals surface area contributed by atoms with Crippen molar-refractivity contribution in [3.63, 3.8) is 0 Å². The number of hydrogen-bond acceptors (Lipinski definition) is 4. The SMILES string of the molecule is CCOC(=O)Nc1cccc(C(=O)N2CCN(c3cccc(C)c3C)CC2)c1. The highest BCUT2D eigenvalue weighted by Crippen LogP contribution is 2.24. The van der Waals surface area contributed by atoms with Crippen molar-refractivity contribution >= 4 is 23.4 Å². The zero-order valence-electron chi connectivity index (χ0n) is 16.7. The van der Waals surface area contributed by atoms with Gasteiger partial charge in [0.05, 0.1) is 6.61 Å². The van der Waals surface area contributed by atoms with E-state index in [0.29, 0.717) is 30.9 Å². The van der Waals surface area contributed by atoms with Crippen molar-refractivity contribution in [2.24, 2.45) is 0 Å². The predicted octanol–water partition coefficient (Wildman–Crippen LogP) is 3.83. The molecule has 1 aliphatic heterocycles. The fourth-order valence-electron chi connectivity index (χ4n) is 3.43. The lowest BCUT2D eigenvalue weighted by atomic mass is 10.1. The monoisotopic (exact) mass is 381 g/mol. The lowest BCUT2D eigenvalue weighted by molar-refractivity contribution is 0.0746. The van der Waals surface area contributed by atoms with E-state index in [1.165, 1.54) is 16.8 Å². The molecule has 1 saturated heterocycles. The summed E-state index contributed by atoms with van der Waals surface area (Å²) >= 11 is 0. The van der Waals surface area contributed by atoms with E-state index in [1.807, 2.05) is 4.90 Å². The first kappa shape index (κ1) is 19.7. The number of ether oxygens (including phenoxy) is 1. The van der Waals surface area contributed by atoms with Crippen LogP contribution in [0.5, 0.6) is 0 Å². The summed E-state index contributed by atoms with van der Waals surface area (Å²) in [5.74, 6) is -0.0203. The summed E-state index contributed by atoms with van der Waals surface area (Å²) in [7, 11) is 0. The molecule has 1 fully saturated rings. The zero-order valence-corrected chi connectivity index (χ0v) is 16.7. The normalized spacial score (nSPS) is 14.0. The minimum Gasteiger partial charge on any atom is -0.450 e. The minimum absolute atomic E-state index is 0.0203. The Bertz CT molecular complexity index is 858. The number of anilines is 2. The third kappa shape index (κ3) is 4.44. The predicted molar refractivity (Wildman–Crippen MR) is 111 cm³/mol. The molecule has 0 aliphatic carbocycles. The third-order valence-electron chi connectivity index (χ3n) is 5.11. The second-order valence-corrected chi connectivity index (χ2v) is 6.92.